The molecule has 0 N–H and O–H groups in total. The lowest BCUT2D eigenvalue weighted by Crippen LogP contribution is -2.23. The van der Waals surface area contributed by atoms with Crippen LogP contribution in [-0.2, 0) is 12.7 Å². The average molecular weight is 384 g/mol. The molecule has 0 unspecified atom stereocenters. The van der Waals surface area contributed by atoms with E-state index in [9.17, 15) is 23.2 Å². The lowest BCUT2D eigenvalue weighted by molar-refractivity contribution is -0.137. The van der Waals surface area contributed by atoms with Crippen LogP contribution in [0.5, 0.6) is 5.75 Å². The molecule has 0 fully saturated rings. The SMILES string of the molecule is COc1ccc(Cn2cc(-c3cccc(C(F)(F)F)c3)cc(C#N)c2=O)cc1. The van der Waals surface area contributed by atoms with E-state index in [0.717, 1.165) is 17.7 Å². The zero-order valence-corrected chi connectivity index (χ0v) is 14.8. The van der Waals surface area contributed by atoms with Crippen LogP contribution in [0.1, 0.15) is 16.7 Å². The van der Waals surface area contributed by atoms with Gasteiger partial charge in [-0.3, -0.25) is 4.79 Å². The van der Waals surface area contributed by atoms with E-state index in [1.54, 1.807) is 24.3 Å². The molecule has 0 saturated carbocycles. The lowest BCUT2D eigenvalue weighted by Gasteiger charge is -2.12. The number of halogens is 3. The Balaban J connectivity index is 2.05. The Morgan fingerprint density at radius 1 is 1.07 bits per heavy atom. The van der Waals surface area contributed by atoms with Crippen LogP contribution >= 0.6 is 0 Å². The van der Waals surface area contributed by atoms with Crippen molar-refractivity contribution in [3.8, 4) is 22.9 Å². The highest BCUT2D eigenvalue weighted by atomic mass is 19.4. The van der Waals surface area contributed by atoms with E-state index in [-0.39, 0.29) is 17.7 Å². The molecule has 0 bridgehead atoms. The van der Waals surface area contributed by atoms with Gasteiger partial charge in [-0.25, -0.2) is 0 Å². The normalized spacial score (nSPS) is 11.1. The van der Waals surface area contributed by atoms with Crippen LogP contribution in [0.3, 0.4) is 0 Å². The zero-order valence-electron chi connectivity index (χ0n) is 14.8. The van der Waals surface area contributed by atoms with Gasteiger partial charge in [0.2, 0.25) is 0 Å². The van der Waals surface area contributed by atoms with Gasteiger partial charge in [0, 0.05) is 6.20 Å². The summed E-state index contributed by atoms with van der Waals surface area (Å²) in [7, 11) is 1.54. The minimum atomic E-state index is -4.48. The number of ether oxygens (including phenoxy) is 1. The molecule has 7 heteroatoms. The van der Waals surface area contributed by atoms with Crippen molar-refractivity contribution in [2.24, 2.45) is 0 Å². The number of alkyl halides is 3. The fourth-order valence-electron chi connectivity index (χ4n) is 2.79. The lowest BCUT2D eigenvalue weighted by atomic mass is 10.0. The van der Waals surface area contributed by atoms with E-state index < -0.39 is 17.3 Å². The van der Waals surface area contributed by atoms with Crippen LogP contribution < -0.4 is 10.3 Å². The number of nitriles is 1. The maximum atomic E-state index is 13.0. The first kappa shape index (κ1) is 19.2. The molecule has 142 valence electrons. The van der Waals surface area contributed by atoms with E-state index in [1.165, 1.54) is 36.1 Å². The van der Waals surface area contributed by atoms with E-state index in [4.69, 9.17) is 4.74 Å². The molecule has 0 saturated heterocycles. The van der Waals surface area contributed by atoms with Crippen LogP contribution in [0, 0.1) is 11.3 Å². The highest BCUT2D eigenvalue weighted by Crippen LogP contribution is 2.32. The summed E-state index contributed by atoms with van der Waals surface area (Å²) >= 11 is 0. The third kappa shape index (κ3) is 4.07. The molecule has 2 aromatic carbocycles. The predicted molar refractivity (Wildman–Crippen MR) is 98.0 cm³/mol. The second kappa shape index (κ2) is 7.61. The predicted octanol–water partition coefficient (Wildman–Crippen LogP) is 4.46. The Morgan fingerprint density at radius 2 is 1.79 bits per heavy atom. The number of aromatic nitrogens is 1. The van der Waals surface area contributed by atoms with Gasteiger partial charge in [0.15, 0.2) is 0 Å². The van der Waals surface area contributed by atoms with Crippen LogP contribution in [0.25, 0.3) is 11.1 Å². The monoisotopic (exact) mass is 384 g/mol. The highest BCUT2D eigenvalue weighted by Gasteiger charge is 2.30. The Bertz CT molecular complexity index is 1090. The molecule has 0 atom stereocenters. The molecular formula is C21H15F3N2O2. The summed E-state index contributed by atoms with van der Waals surface area (Å²) in [6, 6.07) is 14.9. The fourth-order valence-corrected chi connectivity index (χ4v) is 2.79. The largest absolute Gasteiger partial charge is 0.497 e. The number of pyridine rings is 1. The van der Waals surface area contributed by atoms with Crippen molar-refractivity contribution in [1.29, 1.82) is 5.26 Å². The van der Waals surface area contributed by atoms with Gasteiger partial charge < -0.3 is 9.30 Å². The summed E-state index contributed by atoms with van der Waals surface area (Å²) < 4.78 is 45.4. The first-order valence-electron chi connectivity index (χ1n) is 8.27. The molecule has 0 radical (unpaired) electrons. The number of hydrogen-bond acceptors (Lipinski definition) is 3. The summed E-state index contributed by atoms with van der Waals surface area (Å²) in [5.41, 5.74) is -0.0209. The standard InChI is InChI=1S/C21H15F3N2O2/c1-28-19-7-5-14(6-8-19)12-26-13-17(9-16(11-25)20(26)27)15-3-2-4-18(10-15)21(22,23)24/h2-10,13H,12H2,1H3. The molecule has 1 aromatic heterocycles. The summed E-state index contributed by atoms with van der Waals surface area (Å²) in [5.74, 6) is 0.659. The van der Waals surface area contributed by atoms with Crippen LogP contribution in [-0.4, -0.2) is 11.7 Å². The quantitative estimate of drug-likeness (QED) is 0.667. The minimum absolute atomic E-state index is 0.136. The van der Waals surface area contributed by atoms with Gasteiger partial charge >= 0.3 is 6.18 Å². The molecule has 0 spiro atoms. The van der Waals surface area contributed by atoms with Crippen molar-refractivity contribution >= 4 is 0 Å². The van der Waals surface area contributed by atoms with Crippen molar-refractivity contribution < 1.29 is 17.9 Å². The first-order valence-corrected chi connectivity index (χ1v) is 8.27. The van der Waals surface area contributed by atoms with Gasteiger partial charge in [0.25, 0.3) is 5.56 Å². The molecule has 3 aromatic rings. The number of benzene rings is 2. The maximum absolute atomic E-state index is 13.0. The van der Waals surface area contributed by atoms with Gasteiger partial charge in [-0.05, 0) is 47.0 Å². The van der Waals surface area contributed by atoms with E-state index in [0.29, 0.717) is 11.3 Å². The number of nitrogens with zero attached hydrogens (tertiary/aromatic N) is 2. The summed E-state index contributed by atoms with van der Waals surface area (Å²) in [5, 5.41) is 9.27. The Labute approximate surface area is 159 Å². The van der Waals surface area contributed by atoms with Crippen LogP contribution in [0.2, 0.25) is 0 Å². The van der Waals surface area contributed by atoms with Crippen molar-refractivity contribution in [2.45, 2.75) is 12.7 Å². The van der Waals surface area contributed by atoms with Gasteiger partial charge in [-0.15, -0.1) is 0 Å². The molecule has 4 nitrogen and oxygen atoms in total. The molecule has 1 heterocycles. The zero-order chi connectivity index (χ0) is 20.3. The third-order valence-corrected chi connectivity index (χ3v) is 4.24. The Hall–Kier alpha value is -3.53. The summed E-state index contributed by atoms with van der Waals surface area (Å²) in [6.07, 6.45) is -3.02. The van der Waals surface area contributed by atoms with E-state index >= 15 is 0 Å². The third-order valence-electron chi connectivity index (χ3n) is 4.24. The van der Waals surface area contributed by atoms with Crippen LogP contribution in [0.4, 0.5) is 13.2 Å². The molecule has 0 aliphatic carbocycles. The molecule has 0 aliphatic rings. The van der Waals surface area contributed by atoms with Gasteiger partial charge in [0.1, 0.15) is 17.4 Å². The fraction of sp³-hybridized carbons (Fsp3) is 0.143. The second-order valence-corrected chi connectivity index (χ2v) is 6.11. The van der Waals surface area contributed by atoms with Crippen molar-refractivity contribution in [3.63, 3.8) is 0 Å². The summed E-state index contributed by atoms with van der Waals surface area (Å²) in [6.45, 7) is 0.171. The van der Waals surface area contributed by atoms with Gasteiger partial charge in [-0.2, -0.15) is 18.4 Å². The van der Waals surface area contributed by atoms with Crippen molar-refractivity contribution in [3.05, 3.63) is 87.8 Å². The Morgan fingerprint density at radius 3 is 2.39 bits per heavy atom. The van der Waals surface area contributed by atoms with E-state index in [1.807, 2.05) is 6.07 Å². The molecule has 3 rings (SSSR count). The maximum Gasteiger partial charge on any atom is 0.416 e. The molecular weight excluding hydrogens is 369 g/mol. The first-order chi connectivity index (χ1) is 13.3. The van der Waals surface area contributed by atoms with Crippen molar-refractivity contribution in [2.75, 3.05) is 7.11 Å². The number of hydrogen-bond donors (Lipinski definition) is 0. The smallest absolute Gasteiger partial charge is 0.416 e. The summed E-state index contributed by atoms with van der Waals surface area (Å²) in [4.78, 5) is 12.5. The number of rotatable bonds is 4. The van der Waals surface area contributed by atoms with Crippen LogP contribution in [0.15, 0.2) is 65.6 Å². The van der Waals surface area contributed by atoms with Gasteiger partial charge in [-0.1, -0.05) is 24.3 Å². The number of methoxy groups -OCH3 is 1. The average Bonchev–Trinajstić information content (AvgIpc) is 2.69. The molecule has 28 heavy (non-hydrogen) atoms. The minimum Gasteiger partial charge on any atom is -0.497 e. The second-order valence-electron chi connectivity index (χ2n) is 6.11. The highest BCUT2D eigenvalue weighted by molar-refractivity contribution is 5.65. The molecule has 0 amide bonds. The van der Waals surface area contributed by atoms with Crippen molar-refractivity contribution in [1.82, 2.24) is 4.57 Å². The Kier molecular flexibility index (Phi) is 5.23. The van der Waals surface area contributed by atoms with E-state index in [2.05, 4.69) is 0 Å². The topological polar surface area (TPSA) is 55.0 Å². The molecule has 0 aliphatic heterocycles. The van der Waals surface area contributed by atoms with Gasteiger partial charge in [0.05, 0.1) is 19.2 Å².